The third-order valence-corrected chi connectivity index (χ3v) is 4.09. The van der Waals surface area contributed by atoms with Crippen molar-refractivity contribution in [1.82, 2.24) is 9.97 Å². The predicted molar refractivity (Wildman–Crippen MR) is 82.5 cm³/mol. The first-order valence-corrected chi connectivity index (χ1v) is 7.19. The second-order valence-electron chi connectivity index (χ2n) is 4.59. The van der Waals surface area contributed by atoms with Crippen LogP contribution in [0.1, 0.15) is 15.2 Å². The Labute approximate surface area is 125 Å². The summed E-state index contributed by atoms with van der Waals surface area (Å²) in [5.74, 6) is -0.980. The SMILES string of the molecule is Cc1cccc(-c2nc(-c3ccccn3)c(C(=O)O)s2)c1. The molecule has 0 aliphatic rings. The monoisotopic (exact) mass is 296 g/mol. The van der Waals surface area contributed by atoms with E-state index in [2.05, 4.69) is 9.97 Å². The van der Waals surface area contributed by atoms with Crippen molar-refractivity contribution in [3.63, 3.8) is 0 Å². The topological polar surface area (TPSA) is 63.1 Å². The average Bonchev–Trinajstić information content (AvgIpc) is 2.93. The highest BCUT2D eigenvalue weighted by atomic mass is 32.1. The van der Waals surface area contributed by atoms with Crippen LogP contribution in [-0.4, -0.2) is 21.0 Å². The maximum absolute atomic E-state index is 11.4. The Balaban J connectivity index is 2.15. The van der Waals surface area contributed by atoms with E-state index in [-0.39, 0.29) is 4.88 Å². The number of aryl methyl sites for hydroxylation is 1. The summed E-state index contributed by atoms with van der Waals surface area (Å²) in [4.78, 5) is 20.3. The normalized spacial score (nSPS) is 10.5. The first-order chi connectivity index (χ1) is 10.1. The lowest BCUT2D eigenvalue weighted by Gasteiger charge is -1.98. The van der Waals surface area contributed by atoms with Crippen molar-refractivity contribution in [3.8, 4) is 22.0 Å². The first kappa shape index (κ1) is 13.5. The van der Waals surface area contributed by atoms with Crippen molar-refractivity contribution in [2.75, 3.05) is 0 Å². The van der Waals surface area contributed by atoms with E-state index in [4.69, 9.17) is 0 Å². The molecule has 0 aliphatic heterocycles. The maximum Gasteiger partial charge on any atom is 0.348 e. The molecule has 0 saturated carbocycles. The van der Waals surface area contributed by atoms with E-state index in [0.29, 0.717) is 16.4 Å². The molecule has 1 N–H and O–H groups in total. The smallest absolute Gasteiger partial charge is 0.348 e. The molecular formula is C16H12N2O2S. The standard InChI is InChI=1S/C16H12N2O2S/c1-10-5-4-6-11(9-10)15-18-13(14(21-15)16(19)20)12-7-2-3-8-17-12/h2-9H,1H3,(H,19,20). The molecule has 0 spiro atoms. The molecule has 2 heterocycles. The molecule has 2 aromatic heterocycles. The highest BCUT2D eigenvalue weighted by Gasteiger charge is 2.20. The Morgan fingerprint density at radius 2 is 2.05 bits per heavy atom. The van der Waals surface area contributed by atoms with E-state index in [1.165, 1.54) is 11.3 Å². The molecular weight excluding hydrogens is 284 g/mol. The van der Waals surface area contributed by atoms with Crippen LogP contribution in [0, 0.1) is 6.92 Å². The Morgan fingerprint density at radius 1 is 1.19 bits per heavy atom. The number of nitrogens with zero attached hydrogens (tertiary/aromatic N) is 2. The van der Waals surface area contributed by atoms with Gasteiger partial charge in [-0.25, -0.2) is 9.78 Å². The van der Waals surface area contributed by atoms with Crippen LogP contribution >= 0.6 is 11.3 Å². The van der Waals surface area contributed by atoms with Crippen LogP contribution in [0.25, 0.3) is 22.0 Å². The van der Waals surface area contributed by atoms with Crippen molar-refractivity contribution in [2.24, 2.45) is 0 Å². The summed E-state index contributed by atoms with van der Waals surface area (Å²) in [6, 6.07) is 13.2. The van der Waals surface area contributed by atoms with Gasteiger partial charge in [0.1, 0.15) is 15.6 Å². The molecule has 0 saturated heterocycles. The fraction of sp³-hybridized carbons (Fsp3) is 0.0625. The molecule has 1 aromatic carbocycles. The molecule has 4 nitrogen and oxygen atoms in total. The number of pyridine rings is 1. The third kappa shape index (κ3) is 2.68. The van der Waals surface area contributed by atoms with E-state index in [0.717, 1.165) is 11.1 Å². The number of carboxylic acid groups (broad SMARTS) is 1. The number of aromatic nitrogens is 2. The van der Waals surface area contributed by atoms with Crippen LogP contribution in [0.15, 0.2) is 48.7 Å². The van der Waals surface area contributed by atoms with Crippen LogP contribution in [0.5, 0.6) is 0 Å². The molecule has 3 rings (SSSR count). The molecule has 5 heteroatoms. The summed E-state index contributed by atoms with van der Waals surface area (Å²) < 4.78 is 0. The van der Waals surface area contributed by atoms with Crippen molar-refractivity contribution < 1.29 is 9.90 Å². The quantitative estimate of drug-likeness (QED) is 0.796. The Bertz CT molecular complexity index is 797. The lowest BCUT2D eigenvalue weighted by Crippen LogP contribution is -1.96. The fourth-order valence-corrected chi connectivity index (χ4v) is 2.95. The highest BCUT2D eigenvalue weighted by Crippen LogP contribution is 2.33. The van der Waals surface area contributed by atoms with Gasteiger partial charge in [-0.1, -0.05) is 29.8 Å². The second-order valence-corrected chi connectivity index (χ2v) is 5.59. The van der Waals surface area contributed by atoms with E-state index in [1.807, 2.05) is 37.3 Å². The van der Waals surface area contributed by atoms with Gasteiger partial charge in [-0.3, -0.25) is 4.98 Å². The van der Waals surface area contributed by atoms with Crippen molar-refractivity contribution in [3.05, 3.63) is 59.1 Å². The maximum atomic E-state index is 11.4. The van der Waals surface area contributed by atoms with Gasteiger partial charge in [0.2, 0.25) is 0 Å². The minimum absolute atomic E-state index is 0.213. The zero-order chi connectivity index (χ0) is 14.8. The second kappa shape index (κ2) is 5.46. The van der Waals surface area contributed by atoms with E-state index in [1.54, 1.807) is 18.3 Å². The number of carboxylic acids is 1. The van der Waals surface area contributed by atoms with Gasteiger partial charge in [0.25, 0.3) is 0 Å². The number of rotatable bonds is 3. The Kier molecular flexibility index (Phi) is 3.50. The number of carbonyl (C=O) groups is 1. The molecule has 0 bridgehead atoms. The summed E-state index contributed by atoms with van der Waals surface area (Å²) in [5.41, 5.74) is 3.03. The van der Waals surface area contributed by atoms with Crippen LogP contribution < -0.4 is 0 Å². The van der Waals surface area contributed by atoms with Gasteiger partial charge < -0.3 is 5.11 Å². The molecule has 0 aliphatic carbocycles. The number of aromatic carboxylic acids is 1. The molecule has 0 unspecified atom stereocenters. The van der Waals surface area contributed by atoms with Crippen LogP contribution in [-0.2, 0) is 0 Å². The van der Waals surface area contributed by atoms with Gasteiger partial charge in [0.15, 0.2) is 0 Å². The molecule has 0 radical (unpaired) electrons. The summed E-state index contributed by atoms with van der Waals surface area (Å²) >= 11 is 1.17. The van der Waals surface area contributed by atoms with E-state index < -0.39 is 5.97 Å². The predicted octanol–water partition coefficient (Wildman–Crippen LogP) is 3.88. The first-order valence-electron chi connectivity index (χ1n) is 6.38. The zero-order valence-electron chi connectivity index (χ0n) is 11.3. The number of thiazole rings is 1. The van der Waals surface area contributed by atoms with Crippen molar-refractivity contribution >= 4 is 17.3 Å². The molecule has 0 atom stereocenters. The van der Waals surface area contributed by atoms with E-state index in [9.17, 15) is 9.90 Å². The lowest BCUT2D eigenvalue weighted by atomic mass is 10.1. The van der Waals surface area contributed by atoms with Crippen molar-refractivity contribution in [1.29, 1.82) is 0 Å². The molecule has 104 valence electrons. The van der Waals surface area contributed by atoms with Crippen LogP contribution in [0.2, 0.25) is 0 Å². The summed E-state index contributed by atoms with van der Waals surface area (Å²) in [6.07, 6.45) is 1.63. The number of hydrogen-bond donors (Lipinski definition) is 1. The average molecular weight is 296 g/mol. The van der Waals surface area contributed by atoms with Gasteiger partial charge in [-0.2, -0.15) is 0 Å². The minimum atomic E-state index is -0.980. The minimum Gasteiger partial charge on any atom is -0.477 e. The van der Waals surface area contributed by atoms with Gasteiger partial charge >= 0.3 is 5.97 Å². The van der Waals surface area contributed by atoms with Gasteiger partial charge in [0.05, 0.1) is 5.69 Å². The third-order valence-electron chi connectivity index (χ3n) is 2.99. The molecule has 0 fully saturated rings. The van der Waals surface area contributed by atoms with Gasteiger partial charge in [0, 0.05) is 11.8 Å². The molecule has 21 heavy (non-hydrogen) atoms. The van der Waals surface area contributed by atoms with Crippen molar-refractivity contribution in [2.45, 2.75) is 6.92 Å². The molecule has 0 amide bonds. The van der Waals surface area contributed by atoms with Crippen LogP contribution in [0.4, 0.5) is 0 Å². The highest BCUT2D eigenvalue weighted by molar-refractivity contribution is 7.17. The molecule has 3 aromatic rings. The largest absolute Gasteiger partial charge is 0.477 e. The number of benzene rings is 1. The summed E-state index contributed by atoms with van der Waals surface area (Å²) in [5, 5.41) is 10.1. The fourth-order valence-electron chi connectivity index (χ4n) is 2.04. The summed E-state index contributed by atoms with van der Waals surface area (Å²) in [6.45, 7) is 1.99. The summed E-state index contributed by atoms with van der Waals surface area (Å²) in [7, 11) is 0. The van der Waals surface area contributed by atoms with Crippen LogP contribution in [0.3, 0.4) is 0 Å². The zero-order valence-corrected chi connectivity index (χ0v) is 12.1. The Hall–Kier alpha value is -2.53. The van der Waals surface area contributed by atoms with Gasteiger partial charge in [-0.05, 0) is 25.1 Å². The Morgan fingerprint density at radius 3 is 2.71 bits per heavy atom. The number of hydrogen-bond acceptors (Lipinski definition) is 4. The lowest BCUT2D eigenvalue weighted by molar-refractivity contribution is 0.0702. The van der Waals surface area contributed by atoms with Gasteiger partial charge in [-0.15, -0.1) is 11.3 Å². The van der Waals surface area contributed by atoms with E-state index >= 15 is 0 Å².